The molecule has 2 rings (SSSR count). The summed E-state index contributed by atoms with van der Waals surface area (Å²) in [6.45, 7) is 8.17. The van der Waals surface area contributed by atoms with E-state index in [9.17, 15) is 9.59 Å². The first-order chi connectivity index (χ1) is 9.71. The zero-order valence-electron chi connectivity index (χ0n) is 13.0. The number of hydrogen-bond acceptors (Lipinski definition) is 5. The highest BCUT2D eigenvalue weighted by Crippen LogP contribution is 2.26. The van der Waals surface area contributed by atoms with Crippen LogP contribution in [0.1, 0.15) is 48.1 Å². The quantitative estimate of drug-likeness (QED) is 0.744. The Bertz CT molecular complexity index is 590. The number of carbonyl (C=O) groups is 2. The molecule has 1 aromatic heterocycles. The summed E-state index contributed by atoms with van der Waals surface area (Å²) in [4.78, 5) is 29.5. The van der Waals surface area contributed by atoms with Crippen molar-refractivity contribution in [1.29, 1.82) is 0 Å². The van der Waals surface area contributed by atoms with Crippen LogP contribution >= 0.6 is 0 Å². The molecule has 21 heavy (non-hydrogen) atoms. The van der Waals surface area contributed by atoms with Gasteiger partial charge < -0.3 is 9.47 Å². The molecule has 0 radical (unpaired) electrons. The number of amides is 1. The molecule has 6 heteroatoms. The van der Waals surface area contributed by atoms with Gasteiger partial charge in [0.05, 0.1) is 25.9 Å². The third kappa shape index (κ3) is 3.32. The van der Waals surface area contributed by atoms with E-state index >= 15 is 0 Å². The SMILES string of the molecule is COC(=O)c1cc(C)c2c(n1)CN(C(=O)OC(C)(C)C)C2. The molecular formula is C15H20N2O4. The minimum absolute atomic E-state index is 0.264. The largest absolute Gasteiger partial charge is 0.464 e. The Morgan fingerprint density at radius 1 is 1.29 bits per heavy atom. The number of ether oxygens (including phenoxy) is 2. The maximum Gasteiger partial charge on any atom is 0.410 e. The van der Waals surface area contributed by atoms with Crippen molar-refractivity contribution in [1.82, 2.24) is 9.88 Å². The van der Waals surface area contributed by atoms with Crippen molar-refractivity contribution in [3.05, 3.63) is 28.6 Å². The lowest BCUT2D eigenvalue weighted by Gasteiger charge is -2.24. The predicted molar refractivity (Wildman–Crippen MR) is 75.8 cm³/mol. The lowest BCUT2D eigenvalue weighted by atomic mass is 10.1. The number of aryl methyl sites for hydroxylation is 1. The Labute approximate surface area is 124 Å². The van der Waals surface area contributed by atoms with E-state index in [1.165, 1.54) is 7.11 Å². The Kier molecular flexibility index (Phi) is 3.89. The van der Waals surface area contributed by atoms with Gasteiger partial charge in [-0.3, -0.25) is 4.90 Å². The molecule has 0 N–H and O–H groups in total. The van der Waals surface area contributed by atoms with Crippen LogP contribution in [0.5, 0.6) is 0 Å². The molecule has 0 atom stereocenters. The molecule has 0 aliphatic carbocycles. The van der Waals surface area contributed by atoms with Crippen LogP contribution in [0.15, 0.2) is 6.07 Å². The summed E-state index contributed by atoms with van der Waals surface area (Å²) < 4.78 is 10.0. The van der Waals surface area contributed by atoms with Gasteiger partial charge in [-0.15, -0.1) is 0 Å². The van der Waals surface area contributed by atoms with E-state index in [2.05, 4.69) is 9.72 Å². The predicted octanol–water partition coefficient (Wildman–Crippen LogP) is 2.43. The first-order valence-corrected chi connectivity index (χ1v) is 6.77. The van der Waals surface area contributed by atoms with Crippen LogP contribution in [0.3, 0.4) is 0 Å². The van der Waals surface area contributed by atoms with Gasteiger partial charge in [-0.1, -0.05) is 0 Å². The van der Waals surface area contributed by atoms with Gasteiger partial charge >= 0.3 is 12.1 Å². The van der Waals surface area contributed by atoms with E-state index in [0.717, 1.165) is 16.8 Å². The van der Waals surface area contributed by atoms with E-state index in [1.807, 2.05) is 27.7 Å². The van der Waals surface area contributed by atoms with Crippen molar-refractivity contribution in [3.63, 3.8) is 0 Å². The first kappa shape index (κ1) is 15.3. The molecule has 1 aliphatic rings. The number of methoxy groups -OCH3 is 1. The molecule has 1 aliphatic heterocycles. The fourth-order valence-corrected chi connectivity index (χ4v) is 2.20. The highest BCUT2D eigenvalue weighted by atomic mass is 16.6. The molecule has 0 fully saturated rings. The number of aromatic nitrogens is 1. The molecule has 0 saturated heterocycles. The van der Waals surface area contributed by atoms with Crippen molar-refractivity contribution in [3.8, 4) is 0 Å². The van der Waals surface area contributed by atoms with Crippen molar-refractivity contribution < 1.29 is 19.1 Å². The van der Waals surface area contributed by atoms with Crippen LogP contribution in [0.4, 0.5) is 4.79 Å². The molecule has 6 nitrogen and oxygen atoms in total. The molecule has 0 spiro atoms. The van der Waals surface area contributed by atoms with Crippen molar-refractivity contribution in [2.24, 2.45) is 0 Å². The minimum Gasteiger partial charge on any atom is -0.464 e. The Hall–Kier alpha value is -2.11. The average Bonchev–Trinajstić information content (AvgIpc) is 2.80. The first-order valence-electron chi connectivity index (χ1n) is 6.77. The highest BCUT2D eigenvalue weighted by Gasteiger charge is 2.30. The maximum atomic E-state index is 12.1. The van der Waals surface area contributed by atoms with Crippen LogP contribution in [0.2, 0.25) is 0 Å². The van der Waals surface area contributed by atoms with Crippen LogP contribution in [0, 0.1) is 6.92 Å². The third-order valence-corrected chi connectivity index (χ3v) is 3.17. The van der Waals surface area contributed by atoms with Crippen LogP contribution < -0.4 is 0 Å². The topological polar surface area (TPSA) is 68.7 Å². The molecule has 0 saturated carbocycles. The van der Waals surface area contributed by atoms with E-state index in [-0.39, 0.29) is 11.8 Å². The molecule has 0 aromatic carbocycles. The van der Waals surface area contributed by atoms with Crippen molar-refractivity contribution >= 4 is 12.1 Å². The molecule has 0 bridgehead atoms. The second-order valence-electron chi connectivity index (χ2n) is 6.08. The molecule has 1 aromatic rings. The minimum atomic E-state index is -0.536. The highest BCUT2D eigenvalue weighted by molar-refractivity contribution is 5.87. The van der Waals surface area contributed by atoms with Gasteiger partial charge in [0.25, 0.3) is 0 Å². The van der Waals surface area contributed by atoms with Crippen molar-refractivity contribution in [2.75, 3.05) is 7.11 Å². The maximum absolute atomic E-state index is 12.1. The summed E-state index contributed by atoms with van der Waals surface area (Å²) in [5.41, 5.74) is 2.34. The van der Waals surface area contributed by atoms with Gasteiger partial charge in [0.15, 0.2) is 0 Å². The van der Waals surface area contributed by atoms with Gasteiger partial charge in [-0.25, -0.2) is 14.6 Å². The summed E-state index contributed by atoms with van der Waals surface area (Å²) in [5, 5.41) is 0. The summed E-state index contributed by atoms with van der Waals surface area (Å²) in [6, 6.07) is 1.68. The number of fused-ring (bicyclic) bond motifs is 1. The lowest BCUT2D eigenvalue weighted by molar-refractivity contribution is 0.0240. The van der Waals surface area contributed by atoms with Crippen LogP contribution in [-0.2, 0) is 22.6 Å². The van der Waals surface area contributed by atoms with Crippen molar-refractivity contribution in [2.45, 2.75) is 46.4 Å². The Morgan fingerprint density at radius 3 is 2.52 bits per heavy atom. The van der Waals surface area contributed by atoms with E-state index in [1.54, 1.807) is 11.0 Å². The van der Waals surface area contributed by atoms with E-state index in [4.69, 9.17) is 4.74 Å². The second kappa shape index (κ2) is 5.35. The molecule has 114 valence electrons. The number of carbonyl (C=O) groups excluding carboxylic acids is 2. The summed E-state index contributed by atoms with van der Waals surface area (Å²) in [5.74, 6) is -0.475. The smallest absolute Gasteiger partial charge is 0.410 e. The van der Waals surface area contributed by atoms with Crippen LogP contribution in [0.25, 0.3) is 0 Å². The number of esters is 1. The van der Waals surface area contributed by atoms with Gasteiger partial charge in [0.2, 0.25) is 0 Å². The zero-order valence-corrected chi connectivity index (χ0v) is 13.0. The lowest BCUT2D eigenvalue weighted by Crippen LogP contribution is -2.33. The fraction of sp³-hybridized carbons (Fsp3) is 0.533. The van der Waals surface area contributed by atoms with Gasteiger partial charge in [0, 0.05) is 0 Å². The van der Waals surface area contributed by atoms with E-state index in [0.29, 0.717) is 13.1 Å². The van der Waals surface area contributed by atoms with Crippen LogP contribution in [-0.4, -0.2) is 34.7 Å². The number of hydrogen-bond donors (Lipinski definition) is 0. The molecule has 0 unspecified atom stereocenters. The standard InChI is InChI=1S/C15H20N2O4/c1-9-6-11(13(18)20-5)16-12-8-17(7-10(9)12)14(19)21-15(2,3)4/h6H,7-8H2,1-5H3. The van der Waals surface area contributed by atoms with Gasteiger partial charge in [-0.2, -0.15) is 0 Å². The normalized spacial score (nSPS) is 13.9. The summed E-state index contributed by atoms with van der Waals surface area (Å²) in [7, 11) is 1.32. The molecule has 2 heterocycles. The summed E-state index contributed by atoms with van der Waals surface area (Å²) in [6.07, 6.45) is -0.375. The number of nitrogens with zero attached hydrogens (tertiary/aromatic N) is 2. The monoisotopic (exact) mass is 292 g/mol. The zero-order chi connectivity index (χ0) is 15.8. The molecular weight excluding hydrogens is 272 g/mol. The number of rotatable bonds is 1. The third-order valence-electron chi connectivity index (χ3n) is 3.17. The second-order valence-corrected chi connectivity index (χ2v) is 6.08. The molecule has 1 amide bonds. The Balaban J connectivity index is 2.21. The Morgan fingerprint density at radius 2 is 1.95 bits per heavy atom. The summed E-state index contributed by atoms with van der Waals surface area (Å²) >= 11 is 0. The fourth-order valence-electron chi connectivity index (χ4n) is 2.20. The average molecular weight is 292 g/mol. The van der Waals surface area contributed by atoms with E-state index < -0.39 is 11.6 Å². The van der Waals surface area contributed by atoms with Gasteiger partial charge in [-0.05, 0) is 44.9 Å². The number of pyridine rings is 1. The van der Waals surface area contributed by atoms with Gasteiger partial charge in [0.1, 0.15) is 11.3 Å².